The Hall–Kier alpha value is -3.09. The van der Waals surface area contributed by atoms with Gasteiger partial charge < -0.3 is 21.1 Å². The molecule has 7 nitrogen and oxygen atoms in total. The van der Waals surface area contributed by atoms with Crippen molar-refractivity contribution in [3.8, 4) is 5.75 Å². The molecule has 0 radical (unpaired) electrons. The molecule has 1 aliphatic heterocycles. The second-order valence-corrected chi connectivity index (χ2v) is 8.00. The van der Waals surface area contributed by atoms with Gasteiger partial charge >= 0.3 is 0 Å². The van der Waals surface area contributed by atoms with Crippen molar-refractivity contribution in [2.75, 3.05) is 18.8 Å². The molecule has 148 valence electrons. The molecule has 3 rings (SSSR count). The zero-order valence-electron chi connectivity index (χ0n) is 16.4. The monoisotopic (exact) mass is 382 g/mol. The number of benzene rings is 1. The molecule has 1 atom stereocenters. The third-order valence-electron chi connectivity index (χ3n) is 5.12. The average Bonchev–Trinajstić information content (AvgIpc) is 2.93. The number of carbonyl (C=O) groups is 2. The zero-order valence-corrected chi connectivity index (χ0v) is 16.4. The van der Waals surface area contributed by atoms with E-state index < -0.39 is 5.91 Å². The summed E-state index contributed by atoms with van der Waals surface area (Å²) < 4.78 is 6.07. The summed E-state index contributed by atoms with van der Waals surface area (Å²) in [7, 11) is 0. The number of hydrogen-bond acceptors (Lipinski definition) is 5. The highest BCUT2D eigenvalue weighted by Crippen LogP contribution is 2.35. The Bertz CT molecular complexity index is 893. The zero-order chi connectivity index (χ0) is 20.5. The first-order valence-corrected chi connectivity index (χ1v) is 9.21. The van der Waals surface area contributed by atoms with Crippen LogP contribution in [0.4, 0.5) is 5.82 Å². The van der Waals surface area contributed by atoms with Gasteiger partial charge in [0.1, 0.15) is 6.10 Å². The third kappa shape index (κ3) is 4.24. The Morgan fingerprint density at radius 3 is 2.61 bits per heavy atom. The van der Waals surface area contributed by atoms with Crippen molar-refractivity contribution < 1.29 is 14.3 Å². The largest absolute Gasteiger partial charge is 0.484 e. The van der Waals surface area contributed by atoms with Crippen molar-refractivity contribution in [2.45, 2.75) is 33.3 Å². The van der Waals surface area contributed by atoms with E-state index in [2.05, 4.69) is 4.98 Å². The predicted molar refractivity (Wildman–Crippen MR) is 107 cm³/mol. The number of ether oxygens (including phenoxy) is 1. The molecule has 0 spiro atoms. The molecule has 28 heavy (non-hydrogen) atoms. The summed E-state index contributed by atoms with van der Waals surface area (Å²) >= 11 is 0. The van der Waals surface area contributed by atoms with Crippen LogP contribution in [0.2, 0.25) is 0 Å². The van der Waals surface area contributed by atoms with Crippen LogP contribution in [0.5, 0.6) is 5.75 Å². The Kier molecular flexibility index (Phi) is 5.27. The van der Waals surface area contributed by atoms with E-state index in [1.165, 1.54) is 12.3 Å². The fraction of sp³-hybridized carbons (Fsp3) is 0.381. The molecule has 1 aromatic heterocycles. The molecule has 4 N–H and O–H groups in total. The van der Waals surface area contributed by atoms with E-state index in [-0.39, 0.29) is 28.8 Å². The fourth-order valence-corrected chi connectivity index (χ4v) is 3.32. The molecule has 2 heterocycles. The molecule has 7 heteroatoms. The lowest BCUT2D eigenvalue weighted by Crippen LogP contribution is -2.33. The van der Waals surface area contributed by atoms with E-state index in [0.29, 0.717) is 25.3 Å². The molecule has 0 unspecified atom stereocenters. The van der Waals surface area contributed by atoms with Crippen molar-refractivity contribution in [2.24, 2.45) is 11.1 Å². The molecule has 0 bridgehead atoms. The summed E-state index contributed by atoms with van der Waals surface area (Å²) in [6.07, 6.45) is 1.40. The van der Waals surface area contributed by atoms with Gasteiger partial charge in [-0.15, -0.1) is 0 Å². The smallest absolute Gasteiger partial charge is 0.250 e. The Morgan fingerprint density at radius 2 is 1.96 bits per heavy atom. The van der Waals surface area contributed by atoms with Crippen molar-refractivity contribution in [1.82, 2.24) is 9.88 Å². The minimum Gasteiger partial charge on any atom is -0.484 e. The first-order valence-electron chi connectivity index (χ1n) is 9.21. The fourth-order valence-electron chi connectivity index (χ4n) is 3.32. The van der Waals surface area contributed by atoms with Crippen LogP contribution in [0.15, 0.2) is 36.5 Å². The van der Waals surface area contributed by atoms with Crippen molar-refractivity contribution in [3.63, 3.8) is 0 Å². The van der Waals surface area contributed by atoms with Crippen molar-refractivity contribution in [1.29, 1.82) is 0 Å². The lowest BCUT2D eigenvalue weighted by atomic mass is 9.90. The average molecular weight is 382 g/mol. The molecule has 1 aliphatic rings. The lowest BCUT2D eigenvalue weighted by molar-refractivity contribution is -0.129. The standard InChI is InChI=1S/C21H26N4O3/c1-13-4-6-14(7-5-13)8-18(26)25-11-17(21(2,3)12-25)28-16-9-15(20(23)27)10-24-19(16)22/h4-7,9-10,17H,8,11-12H2,1-3H3,(H2,22,24)(H2,23,27)/t17-/m0/s1. The number of likely N-dealkylation sites (tertiary alicyclic amines) is 1. The SMILES string of the molecule is Cc1ccc(CC(=O)N2C[C@H](Oc3cc(C(N)=O)cnc3N)C(C)(C)C2)cc1. The van der Waals surface area contributed by atoms with Crippen LogP contribution >= 0.6 is 0 Å². The van der Waals surface area contributed by atoms with Gasteiger partial charge in [0.2, 0.25) is 11.8 Å². The van der Waals surface area contributed by atoms with Gasteiger partial charge in [-0.05, 0) is 18.6 Å². The molecule has 2 aromatic rings. The van der Waals surface area contributed by atoms with Crippen LogP contribution in [-0.2, 0) is 11.2 Å². The lowest BCUT2D eigenvalue weighted by Gasteiger charge is -2.26. The summed E-state index contributed by atoms with van der Waals surface area (Å²) in [6.45, 7) is 7.12. The van der Waals surface area contributed by atoms with Gasteiger partial charge in [-0.3, -0.25) is 9.59 Å². The molecule has 1 aromatic carbocycles. The minimum atomic E-state index is -0.599. The van der Waals surface area contributed by atoms with Crippen LogP contribution in [0.3, 0.4) is 0 Å². The van der Waals surface area contributed by atoms with Crippen LogP contribution in [0, 0.1) is 12.3 Å². The van der Waals surface area contributed by atoms with Gasteiger partial charge in [0.25, 0.3) is 0 Å². The molecule has 1 fully saturated rings. The quantitative estimate of drug-likeness (QED) is 0.821. The topological polar surface area (TPSA) is 112 Å². The van der Waals surface area contributed by atoms with E-state index in [4.69, 9.17) is 16.2 Å². The minimum absolute atomic E-state index is 0.0556. The van der Waals surface area contributed by atoms with E-state index in [1.54, 1.807) is 0 Å². The highest BCUT2D eigenvalue weighted by atomic mass is 16.5. The number of hydrogen-bond donors (Lipinski definition) is 2. The van der Waals surface area contributed by atoms with Gasteiger partial charge in [-0.2, -0.15) is 0 Å². The number of nitrogen functional groups attached to an aromatic ring is 1. The molecule has 0 aliphatic carbocycles. The Morgan fingerprint density at radius 1 is 1.29 bits per heavy atom. The number of nitrogens with zero attached hydrogens (tertiary/aromatic N) is 2. The van der Waals surface area contributed by atoms with E-state index in [1.807, 2.05) is 49.9 Å². The number of amides is 2. The number of carbonyl (C=O) groups excluding carboxylic acids is 2. The number of anilines is 1. The van der Waals surface area contributed by atoms with Gasteiger partial charge in [0.05, 0.1) is 18.5 Å². The van der Waals surface area contributed by atoms with E-state index >= 15 is 0 Å². The van der Waals surface area contributed by atoms with Gasteiger partial charge in [0, 0.05) is 18.2 Å². The van der Waals surface area contributed by atoms with E-state index in [9.17, 15) is 9.59 Å². The molecule has 2 amide bonds. The molecular formula is C21H26N4O3. The number of nitrogens with two attached hydrogens (primary N) is 2. The van der Waals surface area contributed by atoms with Crippen molar-refractivity contribution >= 4 is 17.6 Å². The maximum atomic E-state index is 12.8. The summed E-state index contributed by atoms with van der Waals surface area (Å²) in [4.78, 5) is 30.0. The molecule has 0 saturated carbocycles. The maximum Gasteiger partial charge on any atom is 0.250 e. The normalized spacial score (nSPS) is 18.1. The second-order valence-electron chi connectivity index (χ2n) is 8.00. The number of primary amides is 1. The Balaban J connectivity index is 1.72. The number of pyridine rings is 1. The van der Waals surface area contributed by atoms with Crippen LogP contribution in [0.1, 0.15) is 35.3 Å². The van der Waals surface area contributed by atoms with Gasteiger partial charge in [0.15, 0.2) is 11.6 Å². The highest BCUT2D eigenvalue weighted by Gasteiger charge is 2.43. The first kappa shape index (κ1) is 19.7. The first-order chi connectivity index (χ1) is 13.2. The summed E-state index contributed by atoms with van der Waals surface area (Å²) in [5, 5.41) is 0. The van der Waals surface area contributed by atoms with Gasteiger partial charge in [-0.1, -0.05) is 43.7 Å². The molecule has 1 saturated heterocycles. The number of aryl methyl sites for hydroxylation is 1. The van der Waals surface area contributed by atoms with Crippen LogP contribution in [0.25, 0.3) is 0 Å². The number of rotatable bonds is 5. The Labute approximate surface area is 164 Å². The van der Waals surface area contributed by atoms with Crippen LogP contribution in [-0.4, -0.2) is 40.9 Å². The summed E-state index contributed by atoms with van der Waals surface area (Å²) in [5.74, 6) is -0.0506. The van der Waals surface area contributed by atoms with Gasteiger partial charge in [-0.25, -0.2) is 4.98 Å². The maximum absolute atomic E-state index is 12.8. The highest BCUT2D eigenvalue weighted by molar-refractivity contribution is 5.93. The second kappa shape index (κ2) is 7.50. The number of aromatic nitrogens is 1. The summed E-state index contributed by atoms with van der Waals surface area (Å²) in [6, 6.07) is 9.46. The van der Waals surface area contributed by atoms with E-state index in [0.717, 1.165) is 11.1 Å². The van der Waals surface area contributed by atoms with Crippen LogP contribution < -0.4 is 16.2 Å². The predicted octanol–water partition coefficient (Wildman–Crippen LogP) is 1.93. The van der Waals surface area contributed by atoms with Crippen molar-refractivity contribution in [3.05, 3.63) is 53.2 Å². The molecular weight excluding hydrogens is 356 g/mol. The third-order valence-corrected chi connectivity index (χ3v) is 5.12. The summed E-state index contributed by atoms with van der Waals surface area (Å²) in [5.41, 5.74) is 13.3.